The van der Waals surface area contributed by atoms with Crippen LogP contribution < -0.4 is 5.32 Å². The first kappa shape index (κ1) is 15.6. The first-order valence-corrected chi connectivity index (χ1v) is 8.90. The van der Waals surface area contributed by atoms with Gasteiger partial charge in [0.15, 0.2) is 5.76 Å². The van der Waals surface area contributed by atoms with E-state index in [2.05, 4.69) is 10.2 Å². The van der Waals surface area contributed by atoms with Crippen LogP contribution in [0.1, 0.15) is 42.7 Å². The standard InChI is InChI=1S/C19H23FN2O2/c20-15-5-6-17-14(9-15)10-18(24-17)19(23)21-11-13-7-8-22(12-13)16-3-1-2-4-16/h5-6,9-10,13,16H,1-4,7-8,11-12H2,(H,21,23)/t13-/m1/s1. The van der Waals surface area contributed by atoms with Gasteiger partial charge < -0.3 is 14.6 Å². The van der Waals surface area contributed by atoms with Crippen molar-refractivity contribution < 1.29 is 13.6 Å². The van der Waals surface area contributed by atoms with Crippen LogP contribution >= 0.6 is 0 Å². The maximum absolute atomic E-state index is 13.2. The summed E-state index contributed by atoms with van der Waals surface area (Å²) in [5, 5.41) is 3.59. The van der Waals surface area contributed by atoms with E-state index in [0.717, 1.165) is 25.6 Å². The number of hydrogen-bond acceptors (Lipinski definition) is 3. The molecule has 1 saturated carbocycles. The zero-order chi connectivity index (χ0) is 16.5. The lowest BCUT2D eigenvalue weighted by Crippen LogP contribution is -2.34. The van der Waals surface area contributed by atoms with Gasteiger partial charge in [-0.1, -0.05) is 12.8 Å². The Bertz CT molecular complexity index is 736. The third-order valence-electron chi connectivity index (χ3n) is 5.41. The summed E-state index contributed by atoms with van der Waals surface area (Å²) in [6, 6.07) is 6.64. The number of rotatable bonds is 4. The Balaban J connectivity index is 1.32. The Labute approximate surface area is 141 Å². The number of nitrogens with zero attached hydrogens (tertiary/aromatic N) is 1. The van der Waals surface area contributed by atoms with Gasteiger partial charge in [0.05, 0.1) is 0 Å². The van der Waals surface area contributed by atoms with E-state index in [1.54, 1.807) is 12.1 Å². The van der Waals surface area contributed by atoms with E-state index in [-0.39, 0.29) is 17.5 Å². The fourth-order valence-electron chi connectivity index (χ4n) is 4.08. The number of carbonyl (C=O) groups is 1. The lowest BCUT2D eigenvalue weighted by molar-refractivity contribution is 0.0921. The number of benzene rings is 1. The van der Waals surface area contributed by atoms with Crippen molar-refractivity contribution in [2.75, 3.05) is 19.6 Å². The van der Waals surface area contributed by atoms with E-state index in [1.165, 1.54) is 37.8 Å². The van der Waals surface area contributed by atoms with E-state index in [0.29, 0.717) is 23.4 Å². The van der Waals surface area contributed by atoms with E-state index in [9.17, 15) is 9.18 Å². The van der Waals surface area contributed by atoms with Gasteiger partial charge in [-0.2, -0.15) is 0 Å². The zero-order valence-corrected chi connectivity index (χ0v) is 13.8. The molecule has 1 aromatic heterocycles. The SMILES string of the molecule is O=C(NC[C@H]1CCN(C2CCCC2)C1)c1cc2cc(F)ccc2o1. The number of amides is 1. The van der Waals surface area contributed by atoms with Gasteiger partial charge in [0.1, 0.15) is 11.4 Å². The highest BCUT2D eigenvalue weighted by molar-refractivity contribution is 5.96. The van der Waals surface area contributed by atoms with Crippen molar-refractivity contribution in [2.24, 2.45) is 5.92 Å². The molecule has 2 heterocycles. The Morgan fingerprint density at radius 1 is 1.25 bits per heavy atom. The minimum atomic E-state index is -0.326. The predicted octanol–water partition coefficient (Wildman–Crippen LogP) is 3.57. The normalized spacial score (nSPS) is 22.5. The van der Waals surface area contributed by atoms with Crippen molar-refractivity contribution in [1.82, 2.24) is 10.2 Å². The molecule has 24 heavy (non-hydrogen) atoms. The minimum absolute atomic E-state index is 0.217. The molecule has 1 aliphatic carbocycles. The van der Waals surface area contributed by atoms with E-state index in [1.807, 2.05) is 0 Å². The third kappa shape index (κ3) is 3.18. The lowest BCUT2D eigenvalue weighted by atomic mass is 10.1. The number of fused-ring (bicyclic) bond motifs is 1. The zero-order valence-electron chi connectivity index (χ0n) is 13.8. The van der Waals surface area contributed by atoms with Crippen molar-refractivity contribution >= 4 is 16.9 Å². The molecule has 0 bridgehead atoms. The largest absolute Gasteiger partial charge is 0.451 e. The molecule has 4 nitrogen and oxygen atoms in total. The minimum Gasteiger partial charge on any atom is -0.451 e. The maximum atomic E-state index is 13.2. The second kappa shape index (κ2) is 6.55. The molecule has 1 N–H and O–H groups in total. The lowest BCUT2D eigenvalue weighted by Gasteiger charge is -2.23. The number of hydrogen-bond donors (Lipinski definition) is 1. The van der Waals surface area contributed by atoms with Crippen molar-refractivity contribution in [2.45, 2.75) is 38.1 Å². The van der Waals surface area contributed by atoms with Crippen LogP contribution in [0.5, 0.6) is 0 Å². The molecule has 2 aromatic rings. The van der Waals surface area contributed by atoms with Gasteiger partial charge in [-0.3, -0.25) is 4.79 Å². The van der Waals surface area contributed by atoms with Crippen molar-refractivity contribution in [3.63, 3.8) is 0 Å². The number of nitrogens with one attached hydrogen (secondary N) is 1. The van der Waals surface area contributed by atoms with Crippen LogP contribution in [0.4, 0.5) is 4.39 Å². The van der Waals surface area contributed by atoms with Crippen LogP contribution in [0.25, 0.3) is 11.0 Å². The van der Waals surface area contributed by atoms with E-state index >= 15 is 0 Å². The summed E-state index contributed by atoms with van der Waals surface area (Å²) in [4.78, 5) is 14.9. The van der Waals surface area contributed by atoms with E-state index < -0.39 is 0 Å². The summed E-state index contributed by atoms with van der Waals surface area (Å²) in [6.45, 7) is 2.90. The molecular formula is C19H23FN2O2. The fraction of sp³-hybridized carbons (Fsp3) is 0.526. The third-order valence-corrected chi connectivity index (χ3v) is 5.41. The molecule has 1 aromatic carbocycles. The summed E-state index contributed by atoms with van der Waals surface area (Å²) in [5.74, 6) is 0.219. The Hall–Kier alpha value is -1.88. The molecule has 1 saturated heterocycles. The van der Waals surface area contributed by atoms with Crippen LogP contribution in [-0.2, 0) is 0 Å². The molecule has 1 atom stereocenters. The highest BCUT2D eigenvalue weighted by atomic mass is 19.1. The topological polar surface area (TPSA) is 45.5 Å². The van der Waals surface area contributed by atoms with Crippen LogP contribution in [0.15, 0.2) is 28.7 Å². The highest BCUT2D eigenvalue weighted by Gasteiger charge is 2.30. The molecule has 0 spiro atoms. The summed E-state index contributed by atoms with van der Waals surface area (Å²) >= 11 is 0. The first-order valence-electron chi connectivity index (χ1n) is 8.90. The summed E-state index contributed by atoms with van der Waals surface area (Å²) in [7, 11) is 0. The van der Waals surface area contributed by atoms with Crippen molar-refractivity contribution in [3.05, 3.63) is 35.8 Å². The quantitative estimate of drug-likeness (QED) is 0.932. The Morgan fingerprint density at radius 2 is 2.08 bits per heavy atom. The first-order chi connectivity index (χ1) is 11.7. The van der Waals surface area contributed by atoms with Crippen molar-refractivity contribution in [1.29, 1.82) is 0 Å². The van der Waals surface area contributed by atoms with Gasteiger partial charge >= 0.3 is 0 Å². The molecule has 0 radical (unpaired) electrons. The highest BCUT2D eigenvalue weighted by Crippen LogP contribution is 2.28. The molecule has 1 aliphatic heterocycles. The molecule has 5 heteroatoms. The van der Waals surface area contributed by atoms with Crippen LogP contribution in [0, 0.1) is 11.7 Å². The maximum Gasteiger partial charge on any atom is 0.287 e. The van der Waals surface area contributed by atoms with Crippen LogP contribution in [0.3, 0.4) is 0 Å². The average Bonchev–Trinajstić information content (AvgIpc) is 3.30. The van der Waals surface area contributed by atoms with Gasteiger partial charge in [0.25, 0.3) is 5.91 Å². The smallest absolute Gasteiger partial charge is 0.287 e. The van der Waals surface area contributed by atoms with Crippen LogP contribution in [-0.4, -0.2) is 36.5 Å². The summed E-state index contributed by atoms with van der Waals surface area (Å²) < 4.78 is 18.7. The fourth-order valence-corrected chi connectivity index (χ4v) is 4.08. The van der Waals surface area contributed by atoms with Gasteiger partial charge in [-0.25, -0.2) is 4.39 Å². The second-order valence-corrected chi connectivity index (χ2v) is 7.09. The van der Waals surface area contributed by atoms with Crippen LogP contribution in [0.2, 0.25) is 0 Å². The van der Waals surface area contributed by atoms with Gasteiger partial charge in [0.2, 0.25) is 0 Å². The monoisotopic (exact) mass is 330 g/mol. The average molecular weight is 330 g/mol. The van der Waals surface area contributed by atoms with Gasteiger partial charge in [-0.15, -0.1) is 0 Å². The molecule has 2 fully saturated rings. The summed E-state index contributed by atoms with van der Waals surface area (Å²) in [5.41, 5.74) is 0.537. The number of halogens is 1. The molecule has 4 rings (SSSR count). The summed E-state index contributed by atoms with van der Waals surface area (Å²) in [6.07, 6.45) is 6.51. The number of furan rings is 1. The second-order valence-electron chi connectivity index (χ2n) is 7.09. The Morgan fingerprint density at radius 3 is 2.92 bits per heavy atom. The molecule has 128 valence electrons. The molecule has 0 unspecified atom stereocenters. The molecular weight excluding hydrogens is 307 g/mol. The molecule has 2 aliphatic rings. The predicted molar refractivity (Wildman–Crippen MR) is 90.4 cm³/mol. The Kier molecular flexibility index (Phi) is 4.27. The van der Waals surface area contributed by atoms with Gasteiger partial charge in [0, 0.05) is 24.5 Å². The van der Waals surface area contributed by atoms with Gasteiger partial charge in [-0.05, 0) is 56.0 Å². The van der Waals surface area contributed by atoms with Crippen molar-refractivity contribution in [3.8, 4) is 0 Å². The number of likely N-dealkylation sites (tertiary alicyclic amines) is 1. The number of carbonyl (C=O) groups excluding carboxylic acids is 1. The molecule has 1 amide bonds. The van der Waals surface area contributed by atoms with E-state index in [4.69, 9.17) is 4.42 Å².